The fourth-order valence-electron chi connectivity index (χ4n) is 1.23. The van der Waals surface area contributed by atoms with Gasteiger partial charge in [0.15, 0.2) is 0 Å². The molecule has 1 unspecified atom stereocenters. The first-order valence-electron chi connectivity index (χ1n) is 6.47. The number of imide groups is 1. The summed E-state index contributed by atoms with van der Waals surface area (Å²) < 4.78 is 0. The summed E-state index contributed by atoms with van der Waals surface area (Å²) in [5.74, 6) is -2.01. The number of carbonyl (C=O) groups excluding carboxylic acids is 4. The zero-order valence-corrected chi connectivity index (χ0v) is 12.4. The Labute approximate surface area is 127 Å². The number of aliphatic carboxylic acids is 1. The molecule has 122 valence electrons. The molecule has 0 fully saturated rings. The van der Waals surface area contributed by atoms with Gasteiger partial charge in [-0.25, -0.2) is 0 Å². The summed E-state index contributed by atoms with van der Waals surface area (Å²) in [4.78, 5) is 53.9. The van der Waals surface area contributed by atoms with Crippen LogP contribution in [0.2, 0.25) is 0 Å². The highest BCUT2D eigenvalue weighted by molar-refractivity contribution is 6.13. The van der Waals surface area contributed by atoms with Gasteiger partial charge in [0.1, 0.15) is 12.3 Å². The van der Waals surface area contributed by atoms with Gasteiger partial charge in [0.25, 0.3) is 11.8 Å². The lowest BCUT2D eigenvalue weighted by Gasteiger charge is -2.12. The van der Waals surface area contributed by atoms with E-state index in [0.29, 0.717) is 6.29 Å². The molecule has 3 N–H and O–H groups in total. The zero-order chi connectivity index (χ0) is 17.1. The molecule has 9 heteroatoms. The molecule has 0 aromatic carbocycles. The molecule has 1 aliphatic rings. The summed E-state index contributed by atoms with van der Waals surface area (Å²) in [6, 6.07) is -0.431. The number of nitrogens with one attached hydrogen (secondary N) is 2. The largest absolute Gasteiger partial charge is 0.480 e. The van der Waals surface area contributed by atoms with E-state index >= 15 is 0 Å². The molecule has 0 spiro atoms. The van der Waals surface area contributed by atoms with Crippen LogP contribution in [0.4, 0.5) is 0 Å². The Balaban J connectivity index is 0.000000534. The molecule has 0 aromatic rings. The molecule has 0 aliphatic carbocycles. The Bertz CT molecular complexity index is 456. The van der Waals surface area contributed by atoms with Crippen LogP contribution in [0.15, 0.2) is 12.2 Å². The van der Waals surface area contributed by atoms with Crippen LogP contribution in [0.25, 0.3) is 0 Å². The minimum Gasteiger partial charge on any atom is -0.480 e. The average molecular weight is 313 g/mol. The molecule has 0 bridgehead atoms. The first-order chi connectivity index (χ1) is 10.3. The number of amides is 3. The SMILES string of the molecule is CNC(C)C(=O)O.O=CCNC(=O)CCN1C(=O)C=CC1=O. The topological polar surface area (TPSA) is 133 Å². The lowest BCUT2D eigenvalue weighted by atomic mass is 10.3. The molecule has 1 rings (SSSR count). The Morgan fingerprint density at radius 1 is 1.32 bits per heavy atom. The second kappa shape index (κ2) is 10.2. The number of nitrogens with zero attached hydrogens (tertiary/aromatic N) is 1. The highest BCUT2D eigenvalue weighted by Crippen LogP contribution is 2.03. The number of carboxylic acid groups (broad SMARTS) is 1. The van der Waals surface area contributed by atoms with E-state index in [1.807, 2.05) is 0 Å². The van der Waals surface area contributed by atoms with E-state index in [1.165, 1.54) is 0 Å². The van der Waals surface area contributed by atoms with Crippen LogP contribution in [0.3, 0.4) is 0 Å². The molecule has 22 heavy (non-hydrogen) atoms. The van der Waals surface area contributed by atoms with Crippen molar-refractivity contribution >= 4 is 30.0 Å². The summed E-state index contributed by atoms with van der Waals surface area (Å²) in [7, 11) is 1.61. The van der Waals surface area contributed by atoms with Crippen LogP contribution in [0.5, 0.6) is 0 Å². The Kier molecular flexibility index (Phi) is 9.03. The number of hydrogen-bond acceptors (Lipinski definition) is 6. The smallest absolute Gasteiger partial charge is 0.320 e. The zero-order valence-electron chi connectivity index (χ0n) is 12.4. The summed E-state index contributed by atoms with van der Waals surface area (Å²) in [5, 5.41) is 13.0. The average Bonchev–Trinajstić information content (AvgIpc) is 2.81. The van der Waals surface area contributed by atoms with Crippen molar-refractivity contribution in [1.82, 2.24) is 15.5 Å². The third kappa shape index (κ3) is 7.29. The van der Waals surface area contributed by atoms with Crippen LogP contribution in [-0.4, -0.2) is 66.2 Å². The van der Waals surface area contributed by atoms with E-state index < -0.39 is 23.8 Å². The van der Waals surface area contributed by atoms with Crippen molar-refractivity contribution in [3.8, 4) is 0 Å². The minimum absolute atomic E-state index is 0.00694. The lowest BCUT2D eigenvalue weighted by molar-refractivity contribution is -0.139. The van der Waals surface area contributed by atoms with Gasteiger partial charge >= 0.3 is 5.97 Å². The number of carboxylic acids is 1. The molecule has 0 aromatic heterocycles. The van der Waals surface area contributed by atoms with Crippen LogP contribution in [-0.2, 0) is 24.0 Å². The van der Waals surface area contributed by atoms with E-state index in [4.69, 9.17) is 5.11 Å². The molecule has 9 nitrogen and oxygen atoms in total. The van der Waals surface area contributed by atoms with Crippen molar-refractivity contribution < 1.29 is 29.1 Å². The first kappa shape index (κ1) is 19.4. The van der Waals surface area contributed by atoms with Gasteiger partial charge in [0, 0.05) is 25.1 Å². The number of carbonyl (C=O) groups is 5. The van der Waals surface area contributed by atoms with Crippen molar-refractivity contribution in [3.05, 3.63) is 12.2 Å². The number of aldehydes is 1. The van der Waals surface area contributed by atoms with Gasteiger partial charge in [0.05, 0.1) is 6.54 Å². The third-order valence-electron chi connectivity index (χ3n) is 2.65. The summed E-state index contributed by atoms with van der Waals surface area (Å²) >= 11 is 0. The monoisotopic (exact) mass is 313 g/mol. The fraction of sp³-hybridized carbons (Fsp3) is 0.462. The van der Waals surface area contributed by atoms with Gasteiger partial charge < -0.3 is 20.5 Å². The number of likely N-dealkylation sites (N-methyl/N-ethyl adjacent to an activating group) is 1. The Morgan fingerprint density at radius 2 is 1.86 bits per heavy atom. The van der Waals surface area contributed by atoms with Gasteiger partial charge in [-0.2, -0.15) is 0 Å². The van der Waals surface area contributed by atoms with Crippen molar-refractivity contribution in [2.24, 2.45) is 0 Å². The fourth-order valence-corrected chi connectivity index (χ4v) is 1.23. The predicted octanol–water partition coefficient (Wildman–Crippen LogP) is -1.70. The van der Waals surface area contributed by atoms with Gasteiger partial charge in [-0.15, -0.1) is 0 Å². The third-order valence-corrected chi connectivity index (χ3v) is 2.65. The van der Waals surface area contributed by atoms with Gasteiger partial charge in [-0.3, -0.25) is 24.1 Å². The molecule has 1 heterocycles. The predicted molar refractivity (Wildman–Crippen MR) is 75.7 cm³/mol. The number of rotatable bonds is 7. The molecular formula is C13H19N3O6. The summed E-state index contributed by atoms with van der Waals surface area (Å²) in [5.41, 5.74) is 0. The maximum absolute atomic E-state index is 11.0. The van der Waals surface area contributed by atoms with Crippen molar-refractivity contribution in [1.29, 1.82) is 0 Å². The lowest BCUT2D eigenvalue weighted by Crippen LogP contribution is -2.35. The molecule has 0 saturated heterocycles. The van der Waals surface area contributed by atoms with Crippen LogP contribution in [0, 0.1) is 0 Å². The van der Waals surface area contributed by atoms with Gasteiger partial charge in [0.2, 0.25) is 5.91 Å². The Morgan fingerprint density at radius 3 is 2.23 bits per heavy atom. The normalized spacial score (nSPS) is 14.2. The van der Waals surface area contributed by atoms with E-state index in [0.717, 1.165) is 17.1 Å². The quantitative estimate of drug-likeness (QED) is 0.377. The molecule has 1 aliphatic heterocycles. The van der Waals surface area contributed by atoms with E-state index in [2.05, 4.69) is 10.6 Å². The second-order valence-corrected chi connectivity index (χ2v) is 4.23. The Hall–Kier alpha value is -2.55. The van der Waals surface area contributed by atoms with Crippen LogP contribution in [0.1, 0.15) is 13.3 Å². The standard InChI is InChI=1S/C9H10N2O4.C4H9NO2/c12-6-4-10-7(13)3-5-11-8(14)1-2-9(11)15;1-3(5-2)4(6)7/h1-2,6H,3-5H2,(H,10,13);3,5H,1-2H3,(H,6,7). The highest BCUT2D eigenvalue weighted by atomic mass is 16.4. The van der Waals surface area contributed by atoms with Crippen molar-refractivity contribution in [3.63, 3.8) is 0 Å². The maximum atomic E-state index is 11.0. The van der Waals surface area contributed by atoms with E-state index in [-0.39, 0.29) is 25.4 Å². The van der Waals surface area contributed by atoms with Crippen molar-refractivity contribution in [2.45, 2.75) is 19.4 Å². The molecule has 0 radical (unpaired) electrons. The van der Waals surface area contributed by atoms with E-state index in [1.54, 1.807) is 14.0 Å². The second-order valence-electron chi connectivity index (χ2n) is 4.23. The van der Waals surface area contributed by atoms with Crippen LogP contribution < -0.4 is 10.6 Å². The number of hydrogen-bond donors (Lipinski definition) is 3. The van der Waals surface area contributed by atoms with Crippen molar-refractivity contribution in [2.75, 3.05) is 20.1 Å². The first-order valence-corrected chi connectivity index (χ1v) is 6.47. The van der Waals surface area contributed by atoms with Crippen LogP contribution >= 0.6 is 0 Å². The maximum Gasteiger partial charge on any atom is 0.320 e. The minimum atomic E-state index is -0.817. The summed E-state index contributed by atoms with van der Waals surface area (Å²) in [6.45, 7) is 1.57. The summed E-state index contributed by atoms with van der Waals surface area (Å²) in [6.07, 6.45) is 2.88. The molecule has 1 atom stereocenters. The van der Waals surface area contributed by atoms with E-state index in [9.17, 15) is 24.0 Å². The highest BCUT2D eigenvalue weighted by Gasteiger charge is 2.23. The van der Waals surface area contributed by atoms with Gasteiger partial charge in [-0.05, 0) is 14.0 Å². The molecule has 3 amide bonds. The molecule has 0 saturated carbocycles. The van der Waals surface area contributed by atoms with Gasteiger partial charge in [-0.1, -0.05) is 0 Å². The molecular weight excluding hydrogens is 294 g/mol.